The van der Waals surface area contributed by atoms with E-state index in [1.807, 2.05) is 0 Å². The van der Waals surface area contributed by atoms with Gasteiger partial charge in [0, 0.05) is 22.2 Å². The Labute approximate surface area is 182 Å². The van der Waals surface area contributed by atoms with Gasteiger partial charge in [0.2, 0.25) is 0 Å². The number of carboxylic acid groups (broad SMARTS) is 1. The first-order chi connectivity index (χ1) is 14.2. The van der Waals surface area contributed by atoms with E-state index in [1.54, 1.807) is 12.1 Å². The maximum atomic E-state index is 12.3. The first kappa shape index (κ1) is 21.5. The number of hydrogen-bond acceptors (Lipinski definition) is 7. The highest BCUT2D eigenvalue weighted by Gasteiger charge is 2.14. The number of aliphatic carboxylic acids is 1. The van der Waals surface area contributed by atoms with Gasteiger partial charge in [0.1, 0.15) is 0 Å². The van der Waals surface area contributed by atoms with Crippen molar-refractivity contribution in [2.45, 2.75) is 0 Å². The van der Waals surface area contributed by atoms with Crippen molar-refractivity contribution in [2.24, 2.45) is 5.10 Å². The summed E-state index contributed by atoms with van der Waals surface area (Å²) in [6.07, 6.45) is 1.30. The number of hydrogen-bond donors (Lipinski definition) is 2. The molecule has 0 spiro atoms. The minimum absolute atomic E-state index is 0.0290. The fourth-order valence-electron chi connectivity index (χ4n) is 2.40. The van der Waals surface area contributed by atoms with Crippen LogP contribution in [0.1, 0.15) is 15.2 Å². The molecule has 154 valence electrons. The van der Waals surface area contributed by atoms with Gasteiger partial charge < -0.3 is 9.84 Å². The summed E-state index contributed by atoms with van der Waals surface area (Å²) >= 11 is 13.2. The average Bonchev–Trinajstić information content (AvgIpc) is 3.10. The normalized spacial score (nSPS) is 11.0. The Morgan fingerprint density at radius 1 is 1.23 bits per heavy atom. The monoisotopic (exact) mass is 467 g/mol. The Morgan fingerprint density at radius 2 is 1.93 bits per heavy atom. The van der Waals surface area contributed by atoms with E-state index >= 15 is 0 Å². The van der Waals surface area contributed by atoms with Crippen LogP contribution in [0.15, 0.2) is 41.5 Å². The van der Waals surface area contributed by atoms with Crippen LogP contribution in [0, 0.1) is 10.1 Å². The maximum absolute atomic E-state index is 12.3. The highest BCUT2D eigenvalue weighted by atomic mass is 35.5. The van der Waals surface area contributed by atoms with Crippen molar-refractivity contribution in [3.63, 3.8) is 0 Å². The lowest BCUT2D eigenvalue weighted by molar-refractivity contribution is -0.384. The quantitative estimate of drug-likeness (QED) is 0.301. The number of nitrogens with one attached hydrogen (secondary N) is 1. The summed E-state index contributed by atoms with van der Waals surface area (Å²) in [6.45, 7) is -0.596. The molecular formula is C18H11Cl2N3O6S. The van der Waals surface area contributed by atoms with Gasteiger partial charge >= 0.3 is 5.97 Å². The summed E-state index contributed by atoms with van der Waals surface area (Å²) in [6, 6.07) is 8.77. The molecule has 0 fully saturated rings. The number of carbonyl (C=O) groups is 2. The Bertz CT molecular complexity index is 1170. The molecule has 1 heterocycles. The topological polar surface area (TPSA) is 131 Å². The second-order valence-corrected chi connectivity index (χ2v) is 7.68. The summed E-state index contributed by atoms with van der Waals surface area (Å²) in [5.74, 6) is -1.64. The van der Waals surface area contributed by atoms with E-state index in [9.17, 15) is 19.7 Å². The van der Waals surface area contributed by atoms with Gasteiger partial charge in [-0.3, -0.25) is 14.9 Å². The van der Waals surface area contributed by atoms with Gasteiger partial charge in [0.25, 0.3) is 11.6 Å². The van der Waals surface area contributed by atoms with Crippen molar-refractivity contribution in [1.29, 1.82) is 0 Å². The summed E-state index contributed by atoms with van der Waals surface area (Å²) in [5.41, 5.74) is 2.74. The van der Waals surface area contributed by atoms with Gasteiger partial charge in [-0.15, -0.1) is 11.3 Å². The van der Waals surface area contributed by atoms with Gasteiger partial charge in [-0.25, -0.2) is 10.2 Å². The Balaban J connectivity index is 1.70. The zero-order valence-electron chi connectivity index (χ0n) is 14.8. The predicted molar refractivity (Wildman–Crippen MR) is 113 cm³/mol. The zero-order chi connectivity index (χ0) is 21.8. The number of ether oxygens (including phenoxy) is 1. The minimum Gasteiger partial charge on any atom is -0.479 e. The van der Waals surface area contributed by atoms with E-state index in [0.717, 1.165) is 4.70 Å². The van der Waals surface area contributed by atoms with Crippen molar-refractivity contribution in [1.82, 2.24) is 5.43 Å². The van der Waals surface area contributed by atoms with Gasteiger partial charge in [-0.2, -0.15) is 5.10 Å². The fraction of sp³-hybridized carbons (Fsp3) is 0.0556. The molecule has 2 N–H and O–H groups in total. The summed E-state index contributed by atoms with van der Waals surface area (Å²) in [4.78, 5) is 33.6. The number of benzene rings is 2. The number of hydrazone groups is 1. The van der Waals surface area contributed by atoms with Gasteiger partial charge in [0.05, 0.1) is 26.1 Å². The number of rotatable bonds is 7. The number of non-ortho nitro benzene ring substituents is 1. The zero-order valence-corrected chi connectivity index (χ0v) is 17.1. The number of nitro groups is 1. The van der Waals surface area contributed by atoms with E-state index in [4.69, 9.17) is 33.0 Å². The summed E-state index contributed by atoms with van der Waals surface area (Å²) in [7, 11) is 0. The Morgan fingerprint density at radius 3 is 2.57 bits per heavy atom. The molecule has 1 amide bonds. The molecule has 30 heavy (non-hydrogen) atoms. The molecule has 0 bridgehead atoms. The summed E-state index contributed by atoms with van der Waals surface area (Å²) in [5, 5.41) is 24.1. The maximum Gasteiger partial charge on any atom is 0.341 e. The minimum atomic E-state index is -1.17. The lowest BCUT2D eigenvalue weighted by atomic mass is 10.2. The number of halogens is 2. The largest absolute Gasteiger partial charge is 0.479 e. The molecule has 0 aliphatic rings. The van der Waals surface area contributed by atoms with Gasteiger partial charge in [0.15, 0.2) is 12.4 Å². The number of fused-ring (bicyclic) bond motifs is 1. The number of nitrogens with zero attached hydrogens (tertiary/aromatic N) is 2. The van der Waals surface area contributed by atoms with Crippen molar-refractivity contribution in [3.8, 4) is 5.75 Å². The second-order valence-electron chi connectivity index (χ2n) is 5.79. The third kappa shape index (κ3) is 5.03. The number of thiophene rings is 1. The van der Waals surface area contributed by atoms with Crippen molar-refractivity contribution in [2.75, 3.05) is 6.61 Å². The van der Waals surface area contributed by atoms with Crippen LogP contribution >= 0.6 is 34.5 Å². The van der Waals surface area contributed by atoms with E-state index in [0.29, 0.717) is 15.8 Å². The Kier molecular flexibility index (Phi) is 6.50. The molecule has 0 aliphatic heterocycles. The highest BCUT2D eigenvalue weighted by Crippen LogP contribution is 2.34. The van der Waals surface area contributed by atoms with Crippen LogP contribution < -0.4 is 10.2 Å². The molecule has 3 aromatic rings. The molecule has 0 aliphatic carbocycles. The van der Waals surface area contributed by atoms with Gasteiger partial charge in [-0.1, -0.05) is 23.2 Å². The smallest absolute Gasteiger partial charge is 0.341 e. The number of nitro benzene ring substituents is 1. The molecule has 9 nitrogen and oxygen atoms in total. The molecule has 3 rings (SSSR count). The van der Waals surface area contributed by atoms with E-state index in [-0.39, 0.29) is 21.5 Å². The van der Waals surface area contributed by atoms with Crippen LogP contribution in [0.5, 0.6) is 5.75 Å². The molecule has 0 atom stereocenters. The predicted octanol–water partition coefficient (Wildman–Crippen LogP) is 4.34. The fourth-order valence-corrected chi connectivity index (χ4v) is 3.95. The van der Waals surface area contributed by atoms with Crippen LogP contribution in [0.25, 0.3) is 10.1 Å². The summed E-state index contributed by atoms with van der Waals surface area (Å²) < 4.78 is 5.75. The van der Waals surface area contributed by atoms with Crippen LogP contribution in [0.2, 0.25) is 10.0 Å². The number of carbonyl (C=O) groups excluding carboxylic acids is 1. The van der Waals surface area contributed by atoms with Crippen LogP contribution in [0.4, 0.5) is 5.69 Å². The molecule has 0 saturated carbocycles. The lowest BCUT2D eigenvalue weighted by Crippen LogP contribution is -2.16. The Hall–Kier alpha value is -3.21. The molecular weight excluding hydrogens is 457 g/mol. The molecule has 0 saturated heterocycles. The van der Waals surface area contributed by atoms with Crippen LogP contribution in [-0.4, -0.2) is 34.7 Å². The van der Waals surface area contributed by atoms with Crippen molar-refractivity contribution < 1.29 is 24.4 Å². The number of carboxylic acids is 1. The lowest BCUT2D eigenvalue weighted by Gasteiger charge is -2.08. The molecule has 0 radical (unpaired) electrons. The first-order valence-corrected chi connectivity index (χ1v) is 9.67. The van der Waals surface area contributed by atoms with Gasteiger partial charge in [-0.05, 0) is 29.8 Å². The third-order valence-corrected chi connectivity index (χ3v) is 5.35. The van der Waals surface area contributed by atoms with Crippen LogP contribution in [-0.2, 0) is 4.79 Å². The first-order valence-electron chi connectivity index (χ1n) is 8.09. The van der Waals surface area contributed by atoms with E-state index in [1.165, 1.54) is 41.8 Å². The second kappa shape index (κ2) is 9.08. The average molecular weight is 468 g/mol. The van der Waals surface area contributed by atoms with Crippen molar-refractivity contribution in [3.05, 3.63) is 67.0 Å². The van der Waals surface area contributed by atoms with E-state index in [2.05, 4.69) is 10.5 Å². The highest BCUT2D eigenvalue weighted by molar-refractivity contribution is 7.20. The van der Waals surface area contributed by atoms with Crippen LogP contribution in [0.3, 0.4) is 0 Å². The third-order valence-electron chi connectivity index (χ3n) is 3.67. The molecule has 12 heteroatoms. The van der Waals surface area contributed by atoms with Crippen molar-refractivity contribution >= 4 is 68.4 Å². The molecule has 1 aromatic heterocycles. The van der Waals surface area contributed by atoms with E-state index < -0.39 is 23.4 Å². The molecule has 2 aromatic carbocycles. The SMILES string of the molecule is O=C(O)COc1c(Cl)cc(C=NNC(=O)c2cc3cc([N+](=O)[O-])ccc3s2)cc1Cl. The molecule has 0 unspecified atom stereocenters. The number of amides is 1. The standard InChI is InChI=1S/C18H11Cl2N3O6S/c19-12-3-9(4-13(20)17(12)29-8-16(24)25)7-21-22-18(26)15-6-10-5-11(23(27)28)1-2-14(10)30-15/h1-7H,8H2,(H,22,26)(H,24,25).